The molecule has 2 aliphatic heterocycles. The molecule has 150 valence electrons. The summed E-state index contributed by atoms with van der Waals surface area (Å²) in [5.41, 5.74) is 1.36. The lowest BCUT2D eigenvalue weighted by atomic mass is 9.87. The molecule has 0 unspecified atom stereocenters. The molecule has 1 aromatic heterocycles. The lowest BCUT2D eigenvalue weighted by Gasteiger charge is -2.37. The van der Waals surface area contributed by atoms with Gasteiger partial charge in [0.15, 0.2) is 0 Å². The summed E-state index contributed by atoms with van der Waals surface area (Å²) in [5.74, 6) is 0.672. The van der Waals surface area contributed by atoms with Gasteiger partial charge in [-0.25, -0.2) is 4.98 Å². The minimum atomic E-state index is 0.135. The highest BCUT2D eigenvalue weighted by Crippen LogP contribution is 2.39. The monoisotopic (exact) mass is 380 g/mol. The van der Waals surface area contributed by atoms with Crippen molar-refractivity contribution in [1.29, 1.82) is 0 Å². The van der Waals surface area contributed by atoms with Gasteiger partial charge >= 0.3 is 0 Å². The van der Waals surface area contributed by atoms with E-state index in [0.717, 1.165) is 19.5 Å². The van der Waals surface area contributed by atoms with Crippen LogP contribution in [0.25, 0.3) is 0 Å². The van der Waals surface area contributed by atoms with Crippen LogP contribution in [0.4, 0.5) is 0 Å². The number of rotatable bonds is 4. The van der Waals surface area contributed by atoms with Gasteiger partial charge in [-0.1, -0.05) is 43.2 Å². The predicted molar refractivity (Wildman–Crippen MR) is 111 cm³/mol. The van der Waals surface area contributed by atoms with Crippen molar-refractivity contribution < 1.29 is 4.79 Å². The number of amides is 1. The Kier molecular flexibility index (Phi) is 5.81. The molecule has 0 radical (unpaired) electrons. The number of likely N-dealkylation sites (tertiary alicyclic amines) is 2. The molecule has 0 N–H and O–H groups in total. The summed E-state index contributed by atoms with van der Waals surface area (Å²) in [6.07, 6.45) is 10.9. The van der Waals surface area contributed by atoms with E-state index in [1.165, 1.54) is 24.8 Å². The van der Waals surface area contributed by atoms with E-state index in [-0.39, 0.29) is 11.9 Å². The molecule has 2 aromatic rings. The molecule has 2 fully saturated rings. The van der Waals surface area contributed by atoms with Crippen LogP contribution in [0.15, 0.2) is 49.1 Å². The van der Waals surface area contributed by atoms with E-state index >= 15 is 0 Å². The first-order chi connectivity index (χ1) is 13.6. The van der Waals surface area contributed by atoms with E-state index in [9.17, 15) is 4.79 Å². The summed E-state index contributed by atoms with van der Waals surface area (Å²) >= 11 is 0. The van der Waals surface area contributed by atoms with Crippen LogP contribution in [0.2, 0.25) is 0 Å². The lowest BCUT2D eigenvalue weighted by molar-refractivity contribution is -0.133. The number of carbonyl (C=O) groups excluding carboxylic acids is 1. The maximum Gasteiger partial charge on any atom is 0.224 e. The van der Waals surface area contributed by atoms with E-state index < -0.39 is 0 Å². The fraction of sp³-hybridized carbons (Fsp3) is 0.565. The third kappa shape index (κ3) is 3.86. The van der Waals surface area contributed by atoms with Crippen LogP contribution in [0.3, 0.4) is 0 Å². The number of likely N-dealkylation sites (N-methyl/N-ethyl adjacent to an activating group) is 1. The van der Waals surface area contributed by atoms with Crippen LogP contribution in [0.5, 0.6) is 0 Å². The Morgan fingerprint density at radius 1 is 1.21 bits per heavy atom. The summed E-state index contributed by atoms with van der Waals surface area (Å²) in [6, 6.07) is 11.7. The van der Waals surface area contributed by atoms with Crippen LogP contribution in [-0.2, 0) is 4.79 Å². The molecule has 2 saturated heterocycles. The van der Waals surface area contributed by atoms with Gasteiger partial charge in [0, 0.05) is 49.4 Å². The second-order valence-corrected chi connectivity index (χ2v) is 8.51. The quantitative estimate of drug-likeness (QED) is 0.812. The molecule has 3 heterocycles. The fourth-order valence-corrected chi connectivity index (χ4v) is 5.17. The number of benzene rings is 1. The number of hydrogen-bond acceptors (Lipinski definition) is 3. The highest BCUT2D eigenvalue weighted by molar-refractivity contribution is 5.77. The molecule has 0 spiro atoms. The zero-order chi connectivity index (χ0) is 19.5. The molecule has 4 rings (SSSR count). The molecule has 28 heavy (non-hydrogen) atoms. The molecule has 1 aromatic carbocycles. The zero-order valence-electron chi connectivity index (χ0n) is 17.1. The SMILES string of the molecule is C[C@@H](CC(=O)N1C[C@@H](c2ccccc2)[C@H]2[C@H]1CCCCCN2C)n1ccnc1. The number of aromatic nitrogens is 2. The number of fused-ring (bicyclic) bond motifs is 1. The van der Waals surface area contributed by atoms with Crippen molar-refractivity contribution >= 4 is 5.91 Å². The van der Waals surface area contributed by atoms with Gasteiger partial charge in [-0.15, -0.1) is 0 Å². The second-order valence-electron chi connectivity index (χ2n) is 8.51. The summed E-state index contributed by atoms with van der Waals surface area (Å²) in [5, 5.41) is 0. The third-order valence-corrected chi connectivity index (χ3v) is 6.67. The number of carbonyl (C=O) groups is 1. The van der Waals surface area contributed by atoms with Crippen molar-refractivity contribution in [2.75, 3.05) is 20.1 Å². The molecule has 4 atom stereocenters. The van der Waals surface area contributed by atoms with Crippen molar-refractivity contribution in [3.05, 3.63) is 54.6 Å². The predicted octanol–water partition coefficient (Wildman–Crippen LogP) is 3.70. The van der Waals surface area contributed by atoms with Gasteiger partial charge in [0.05, 0.1) is 6.33 Å². The van der Waals surface area contributed by atoms with Crippen LogP contribution in [0.1, 0.15) is 56.6 Å². The van der Waals surface area contributed by atoms with E-state index in [1.54, 1.807) is 12.5 Å². The molecule has 5 nitrogen and oxygen atoms in total. The fourth-order valence-electron chi connectivity index (χ4n) is 5.17. The number of imidazole rings is 1. The van der Waals surface area contributed by atoms with Gasteiger partial charge in [0.25, 0.3) is 0 Å². The normalized spacial score (nSPS) is 27.1. The molecule has 2 aliphatic rings. The Balaban J connectivity index is 1.58. The van der Waals surface area contributed by atoms with Gasteiger partial charge in [0.1, 0.15) is 0 Å². The van der Waals surface area contributed by atoms with Crippen molar-refractivity contribution in [3.8, 4) is 0 Å². The van der Waals surface area contributed by atoms with Gasteiger partial charge in [-0.05, 0) is 38.9 Å². The first kappa shape index (κ1) is 19.2. The standard InChI is InChI=1S/C23H32N4O/c1-18(26-14-12-24-17-26)15-22(28)27-16-20(19-9-5-3-6-10-19)23-21(27)11-7-4-8-13-25(23)2/h3,5-6,9-10,12,14,17-18,20-21,23H,4,7-8,11,13,15-16H2,1-2H3/t18-,20-,21+,23-/m0/s1. The molecule has 1 amide bonds. The van der Waals surface area contributed by atoms with Crippen LogP contribution in [0, 0.1) is 0 Å². The van der Waals surface area contributed by atoms with Crippen LogP contribution in [-0.4, -0.2) is 57.5 Å². The molecule has 0 bridgehead atoms. The average molecular weight is 381 g/mol. The number of hydrogen-bond donors (Lipinski definition) is 0. The Bertz CT molecular complexity index is 760. The maximum absolute atomic E-state index is 13.4. The smallest absolute Gasteiger partial charge is 0.224 e. The van der Waals surface area contributed by atoms with Crippen LogP contribution < -0.4 is 0 Å². The summed E-state index contributed by atoms with van der Waals surface area (Å²) in [4.78, 5) is 22.2. The summed E-state index contributed by atoms with van der Waals surface area (Å²) in [6.45, 7) is 4.06. The van der Waals surface area contributed by atoms with E-state index in [4.69, 9.17) is 0 Å². The van der Waals surface area contributed by atoms with Crippen molar-refractivity contribution in [1.82, 2.24) is 19.4 Å². The average Bonchev–Trinajstić information content (AvgIpc) is 3.35. The van der Waals surface area contributed by atoms with Crippen molar-refractivity contribution in [2.45, 2.75) is 63.1 Å². The van der Waals surface area contributed by atoms with Gasteiger partial charge < -0.3 is 14.4 Å². The van der Waals surface area contributed by atoms with E-state index in [1.807, 2.05) is 10.8 Å². The van der Waals surface area contributed by atoms with Crippen LogP contribution >= 0.6 is 0 Å². The Morgan fingerprint density at radius 2 is 2.04 bits per heavy atom. The topological polar surface area (TPSA) is 41.4 Å². The maximum atomic E-state index is 13.4. The first-order valence-electron chi connectivity index (χ1n) is 10.7. The lowest BCUT2D eigenvalue weighted by Crippen LogP contribution is -2.47. The minimum Gasteiger partial charge on any atom is -0.337 e. The second kappa shape index (κ2) is 8.48. The van der Waals surface area contributed by atoms with E-state index in [2.05, 4.69) is 59.1 Å². The molecule has 0 saturated carbocycles. The number of nitrogens with zero attached hydrogens (tertiary/aromatic N) is 4. The third-order valence-electron chi connectivity index (χ3n) is 6.67. The van der Waals surface area contributed by atoms with Gasteiger partial charge in [-0.3, -0.25) is 4.79 Å². The zero-order valence-corrected chi connectivity index (χ0v) is 17.1. The molecule has 0 aliphatic carbocycles. The molecular weight excluding hydrogens is 348 g/mol. The summed E-state index contributed by atoms with van der Waals surface area (Å²) in [7, 11) is 2.25. The van der Waals surface area contributed by atoms with Crippen molar-refractivity contribution in [2.24, 2.45) is 0 Å². The summed E-state index contributed by atoms with van der Waals surface area (Å²) < 4.78 is 2.03. The Morgan fingerprint density at radius 3 is 2.79 bits per heavy atom. The van der Waals surface area contributed by atoms with Gasteiger partial charge in [-0.2, -0.15) is 0 Å². The molecule has 5 heteroatoms. The highest BCUT2D eigenvalue weighted by Gasteiger charge is 2.46. The van der Waals surface area contributed by atoms with Crippen molar-refractivity contribution in [3.63, 3.8) is 0 Å². The largest absolute Gasteiger partial charge is 0.337 e. The Labute approximate surface area is 168 Å². The van der Waals surface area contributed by atoms with E-state index in [0.29, 0.717) is 24.4 Å². The first-order valence-corrected chi connectivity index (χ1v) is 10.7. The minimum absolute atomic E-state index is 0.135. The van der Waals surface area contributed by atoms with Gasteiger partial charge in [0.2, 0.25) is 5.91 Å². The Hall–Kier alpha value is -2.14. The molecular formula is C23H32N4O. The highest BCUT2D eigenvalue weighted by atomic mass is 16.2.